The number of hydrogen-bond donors (Lipinski definition) is 1. The Bertz CT molecular complexity index is 330. The summed E-state index contributed by atoms with van der Waals surface area (Å²) >= 11 is 0. The van der Waals surface area contributed by atoms with Crippen molar-refractivity contribution in [1.29, 1.82) is 0 Å². The molecule has 20 heavy (non-hydrogen) atoms. The van der Waals surface area contributed by atoms with Gasteiger partial charge in [-0.2, -0.15) is 0 Å². The van der Waals surface area contributed by atoms with Gasteiger partial charge in [-0.3, -0.25) is 14.5 Å². The zero-order chi connectivity index (χ0) is 15.5. The molecule has 1 saturated heterocycles. The highest BCUT2D eigenvalue weighted by Gasteiger charge is 2.36. The summed E-state index contributed by atoms with van der Waals surface area (Å²) in [6.07, 6.45) is -0.135. The Hall–Kier alpha value is -0.690. The first-order valence-corrected chi connectivity index (χ1v) is 7.07. The number of carbonyl (C=O) groups is 1. The monoisotopic (exact) mass is 288 g/mol. The summed E-state index contributed by atoms with van der Waals surface area (Å²) in [5.41, 5.74) is -0.425. The second-order valence-corrected chi connectivity index (χ2v) is 6.44. The van der Waals surface area contributed by atoms with Gasteiger partial charge in [0.15, 0.2) is 0 Å². The lowest BCUT2D eigenvalue weighted by atomic mass is 9.86. The van der Waals surface area contributed by atoms with E-state index in [9.17, 15) is 9.90 Å². The van der Waals surface area contributed by atoms with Crippen molar-refractivity contribution in [3.05, 3.63) is 0 Å². The molecule has 6 heteroatoms. The van der Waals surface area contributed by atoms with E-state index in [0.717, 1.165) is 13.0 Å². The van der Waals surface area contributed by atoms with Gasteiger partial charge in [-0.1, -0.05) is 6.92 Å². The summed E-state index contributed by atoms with van der Waals surface area (Å²) in [6, 6.07) is 0. The van der Waals surface area contributed by atoms with Gasteiger partial charge in [0, 0.05) is 20.1 Å². The molecule has 0 aromatic heterocycles. The van der Waals surface area contributed by atoms with Gasteiger partial charge in [-0.15, -0.1) is 0 Å². The number of amides is 1. The van der Waals surface area contributed by atoms with Crippen LogP contribution in [0.1, 0.15) is 34.1 Å². The highest BCUT2D eigenvalue weighted by molar-refractivity contribution is 5.78. The van der Waals surface area contributed by atoms with E-state index in [4.69, 9.17) is 9.57 Å². The first-order valence-electron chi connectivity index (χ1n) is 7.07. The molecular weight excluding hydrogens is 260 g/mol. The number of nitrogens with zero attached hydrogens (tertiary/aromatic N) is 2. The van der Waals surface area contributed by atoms with Crippen LogP contribution in [0.2, 0.25) is 0 Å². The predicted molar refractivity (Wildman–Crippen MR) is 75.5 cm³/mol. The number of ether oxygens (including phenoxy) is 1. The predicted octanol–water partition coefficient (Wildman–Crippen LogP) is 1.06. The molecule has 118 valence electrons. The molecule has 0 aromatic rings. The van der Waals surface area contributed by atoms with E-state index < -0.39 is 12.0 Å². The molecule has 0 saturated carbocycles. The number of aliphatic hydroxyl groups is 1. The van der Waals surface area contributed by atoms with Crippen molar-refractivity contribution >= 4 is 5.91 Å². The van der Waals surface area contributed by atoms with Crippen molar-refractivity contribution < 1.29 is 19.5 Å². The highest BCUT2D eigenvalue weighted by Crippen LogP contribution is 2.27. The number of hydroxylamine groups is 2. The normalized spacial score (nSPS) is 26.4. The Morgan fingerprint density at radius 1 is 1.45 bits per heavy atom. The van der Waals surface area contributed by atoms with Gasteiger partial charge >= 0.3 is 0 Å². The quantitative estimate of drug-likeness (QED) is 0.619. The number of rotatable bonds is 4. The van der Waals surface area contributed by atoms with E-state index in [1.54, 1.807) is 11.9 Å². The molecule has 1 rings (SSSR count). The fourth-order valence-electron chi connectivity index (χ4n) is 2.33. The summed E-state index contributed by atoms with van der Waals surface area (Å²) in [4.78, 5) is 19.0. The molecule has 1 aliphatic rings. The molecule has 0 spiro atoms. The fraction of sp³-hybridized carbons (Fsp3) is 0.929. The smallest absolute Gasteiger partial charge is 0.250 e. The zero-order valence-electron chi connectivity index (χ0n) is 13.4. The topological polar surface area (TPSA) is 62.2 Å². The van der Waals surface area contributed by atoms with Crippen molar-refractivity contribution in [2.24, 2.45) is 11.8 Å². The molecule has 3 atom stereocenters. The average Bonchev–Trinajstić information content (AvgIpc) is 2.35. The molecule has 0 aromatic carbocycles. The second-order valence-electron chi connectivity index (χ2n) is 6.44. The minimum atomic E-state index is -0.981. The van der Waals surface area contributed by atoms with Crippen LogP contribution < -0.4 is 0 Å². The summed E-state index contributed by atoms with van der Waals surface area (Å²) in [6.45, 7) is 8.93. The van der Waals surface area contributed by atoms with Crippen LogP contribution in [0.25, 0.3) is 0 Å². The molecule has 3 unspecified atom stereocenters. The fourth-order valence-corrected chi connectivity index (χ4v) is 2.33. The van der Waals surface area contributed by atoms with Crippen LogP contribution in [0.5, 0.6) is 0 Å². The molecule has 1 fully saturated rings. The van der Waals surface area contributed by atoms with Crippen molar-refractivity contribution in [1.82, 2.24) is 9.96 Å². The zero-order valence-corrected chi connectivity index (χ0v) is 13.4. The lowest BCUT2D eigenvalue weighted by Gasteiger charge is -2.40. The maximum atomic E-state index is 12.2. The number of piperidine rings is 1. The lowest BCUT2D eigenvalue weighted by molar-refractivity contribution is -0.248. The molecule has 6 nitrogen and oxygen atoms in total. The third-order valence-corrected chi connectivity index (χ3v) is 3.66. The van der Waals surface area contributed by atoms with E-state index in [1.807, 2.05) is 20.8 Å². The van der Waals surface area contributed by atoms with E-state index >= 15 is 0 Å². The van der Waals surface area contributed by atoms with Crippen LogP contribution in [0.4, 0.5) is 0 Å². The Kier molecular flexibility index (Phi) is 5.94. The number of carbonyl (C=O) groups excluding carboxylic acids is 1. The van der Waals surface area contributed by atoms with E-state index in [0.29, 0.717) is 6.54 Å². The Morgan fingerprint density at radius 3 is 2.55 bits per heavy atom. The van der Waals surface area contributed by atoms with Crippen molar-refractivity contribution in [3.8, 4) is 0 Å². The van der Waals surface area contributed by atoms with Gasteiger partial charge in [0.1, 0.15) is 0 Å². The molecular formula is C14H28N2O4. The van der Waals surface area contributed by atoms with Crippen molar-refractivity contribution in [2.45, 2.75) is 46.1 Å². The maximum Gasteiger partial charge on any atom is 0.250 e. The molecule has 1 aliphatic heterocycles. The summed E-state index contributed by atoms with van der Waals surface area (Å²) < 4.78 is 5.55. The lowest BCUT2D eigenvalue weighted by Crippen LogP contribution is -2.52. The number of hydrogen-bond acceptors (Lipinski definition) is 5. The van der Waals surface area contributed by atoms with Crippen molar-refractivity contribution in [3.63, 3.8) is 0 Å². The molecule has 0 aliphatic carbocycles. The van der Waals surface area contributed by atoms with Crippen LogP contribution in [0.15, 0.2) is 0 Å². The van der Waals surface area contributed by atoms with Crippen molar-refractivity contribution in [2.75, 3.05) is 27.2 Å². The third-order valence-electron chi connectivity index (χ3n) is 3.66. The minimum absolute atomic E-state index is 0.0624. The maximum absolute atomic E-state index is 12.2. The van der Waals surface area contributed by atoms with Gasteiger partial charge < -0.3 is 9.84 Å². The highest BCUT2D eigenvalue weighted by atomic mass is 16.7. The van der Waals surface area contributed by atoms with Gasteiger partial charge in [0.25, 0.3) is 5.91 Å². The SMILES string of the molecule is CON(C)C(=O)C1CN(C(O)OC(C)(C)C)CCC1C. The van der Waals surface area contributed by atoms with Crippen LogP contribution in [0, 0.1) is 11.8 Å². The van der Waals surface area contributed by atoms with E-state index in [2.05, 4.69) is 6.92 Å². The van der Waals surface area contributed by atoms with Crippen LogP contribution in [-0.2, 0) is 14.4 Å². The van der Waals surface area contributed by atoms with Gasteiger partial charge in [0.2, 0.25) is 6.41 Å². The molecule has 1 amide bonds. The van der Waals surface area contributed by atoms with E-state index in [-0.39, 0.29) is 17.7 Å². The summed E-state index contributed by atoms with van der Waals surface area (Å²) in [5, 5.41) is 11.4. The third kappa shape index (κ3) is 4.70. The Labute approximate surface area is 121 Å². The second kappa shape index (κ2) is 6.85. The minimum Gasteiger partial charge on any atom is -0.356 e. The van der Waals surface area contributed by atoms with Gasteiger partial charge in [-0.25, -0.2) is 5.06 Å². The standard InChI is InChI=1S/C14H28N2O4/c1-10-7-8-16(13(18)20-14(2,3)4)9-11(10)12(17)15(5)19-6/h10-11,13,18H,7-9H2,1-6H3. The molecule has 1 N–H and O–H groups in total. The first-order chi connectivity index (χ1) is 9.15. The van der Waals surface area contributed by atoms with Crippen LogP contribution in [-0.4, -0.2) is 60.2 Å². The molecule has 0 bridgehead atoms. The number of likely N-dealkylation sites (tertiary alicyclic amines) is 1. The van der Waals surface area contributed by atoms with Gasteiger partial charge in [-0.05, 0) is 33.1 Å². The largest absolute Gasteiger partial charge is 0.356 e. The van der Waals surface area contributed by atoms with Gasteiger partial charge in [0.05, 0.1) is 18.6 Å². The van der Waals surface area contributed by atoms with Crippen LogP contribution in [0.3, 0.4) is 0 Å². The Morgan fingerprint density at radius 2 is 2.05 bits per heavy atom. The average molecular weight is 288 g/mol. The summed E-state index contributed by atoms with van der Waals surface area (Å²) in [7, 11) is 3.08. The molecule has 1 heterocycles. The summed E-state index contributed by atoms with van der Waals surface area (Å²) in [5.74, 6) is 0.0118. The first kappa shape index (κ1) is 17.4. The molecule has 0 radical (unpaired) electrons. The van der Waals surface area contributed by atoms with Crippen LogP contribution >= 0.6 is 0 Å². The number of aliphatic hydroxyl groups excluding tert-OH is 1. The van der Waals surface area contributed by atoms with E-state index in [1.165, 1.54) is 12.2 Å². The Balaban J connectivity index is 2.68.